The first-order chi connectivity index (χ1) is 7.59. The Bertz CT molecular complexity index is 391. The molecule has 1 heterocycles. The fraction of sp³-hybridized carbons (Fsp3) is 0.750. The highest BCUT2D eigenvalue weighted by Crippen LogP contribution is 2.42. The van der Waals surface area contributed by atoms with Gasteiger partial charge in [0, 0.05) is 0 Å². The van der Waals surface area contributed by atoms with Gasteiger partial charge >= 0.3 is 5.97 Å². The van der Waals surface area contributed by atoms with Crippen molar-refractivity contribution in [1.82, 2.24) is 20.2 Å². The Labute approximate surface area is 89.3 Å². The monoisotopic (exact) mass is 232 g/mol. The van der Waals surface area contributed by atoms with E-state index in [9.17, 15) is 13.6 Å². The van der Waals surface area contributed by atoms with Crippen LogP contribution in [0.2, 0.25) is 0 Å². The Morgan fingerprint density at radius 1 is 1.56 bits per heavy atom. The van der Waals surface area contributed by atoms with E-state index in [0.717, 1.165) is 17.5 Å². The van der Waals surface area contributed by atoms with E-state index in [1.54, 1.807) is 0 Å². The first-order valence-electron chi connectivity index (χ1n) is 4.87. The predicted octanol–water partition coefficient (Wildman–Crippen LogP) is 1.04. The summed E-state index contributed by atoms with van der Waals surface area (Å²) >= 11 is 0. The Balaban J connectivity index is 2.23. The smallest absolute Gasteiger partial charge is 0.305 e. The van der Waals surface area contributed by atoms with Gasteiger partial charge in [-0.15, -0.1) is 5.10 Å². The second-order valence-electron chi connectivity index (χ2n) is 3.78. The zero-order valence-corrected chi connectivity index (χ0v) is 8.25. The molecule has 1 aliphatic rings. The van der Waals surface area contributed by atoms with Crippen LogP contribution in [0.4, 0.5) is 8.78 Å². The number of rotatable bonds is 5. The minimum Gasteiger partial charge on any atom is -0.481 e. The van der Waals surface area contributed by atoms with Crippen LogP contribution >= 0.6 is 0 Å². The van der Waals surface area contributed by atoms with Crippen LogP contribution in [0, 0.1) is 5.92 Å². The second kappa shape index (κ2) is 4.11. The summed E-state index contributed by atoms with van der Waals surface area (Å²) in [6.45, 7) is 0. The molecule has 6 nitrogen and oxygen atoms in total. The largest absolute Gasteiger partial charge is 0.481 e. The normalized spacial score (nSPS) is 17.7. The third-order valence-electron chi connectivity index (χ3n) is 2.58. The van der Waals surface area contributed by atoms with Crippen molar-refractivity contribution in [2.45, 2.75) is 31.7 Å². The maximum Gasteiger partial charge on any atom is 0.305 e. The SMILES string of the molecule is O=C(O)CC(C1CC1)n1nnnc1C(F)F. The van der Waals surface area contributed by atoms with Gasteiger partial charge < -0.3 is 5.11 Å². The van der Waals surface area contributed by atoms with Crippen LogP contribution in [0.3, 0.4) is 0 Å². The van der Waals surface area contributed by atoms with Gasteiger partial charge in [-0.05, 0) is 29.2 Å². The van der Waals surface area contributed by atoms with Gasteiger partial charge in [-0.3, -0.25) is 4.79 Å². The van der Waals surface area contributed by atoms with Gasteiger partial charge in [0.2, 0.25) is 5.82 Å². The quantitative estimate of drug-likeness (QED) is 0.820. The number of halogens is 2. The summed E-state index contributed by atoms with van der Waals surface area (Å²) in [5.74, 6) is -1.50. The molecule has 1 atom stereocenters. The number of hydrogen-bond acceptors (Lipinski definition) is 4. The summed E-state index contributed by atoms with van der Waals surface area (Å²) in [4.78, 5) is 10.6. The lowest BCUT2D eigenvalue weighted by Gasteiger charge is -2.15. The van der Waals surface area contributed by atoms with Crippen molar-refractivity contribution >= 4 is 5.97 Å². The molecule has 0 radical (unpaired) electrons. The standard InChI is InChI=1S/C8H10F2N4O2/c9-7(10)8-11-12-13-14(8)5(3-6(15)16)4-1-2-4/h4-5,7H,1-3H2,(H,15,16). The van der Waals surface area contributed by atoms with Crippen molar-refractivity contribution in [3.63, 3.8) is 0 Å². The van der Waals surface area contributed by atoms with Crippen LogP contribution in [0.5, 0.6) is 0 Å². The van der Waals surface area contributed by atoms with Crippen molar-refractivity contribution in [1.29, 1.82) is 0 Å². The number of carboxylic acid groups (broad SMARTS) is 1. The highest BCUT2D eigenvalue weighted by molar-refractivity contribution is 5.67. The lowest BCUT2D eigenvalue weighted by molar-refractivity contribution is -0.138. The topological polar surface area (TPSA) is 80.9 Å². The fourth-order valence-electron chi connectivity index (χ4n) is 1.69. The van der Waals surface area contributed by atoms with Gasteiger partial charge in [0.25, 0.3) is 6.43 Å². The first kappa shape index (κ1) is 10.9. The van der Waals surface area contributed by atoms with Crippen LogP contribution in [0.25, 0.3) is 0 Å². The number of alkyl halides is 2. The number of hydrogen-bond donors (Lipinski definition) is 1. The minimum absolute atomic E-state index is 0.0945. The first-order valence-corrected chi connectivity index (χ1v) is 4.87. The van der Waals surface area contributed by atoms with Crippen molar-refractivity contribution in [2.75, 3.05) is 0 Å². The molecule has 1 unspecified atom stereocenters. The summed E-state index contributed by atoms with van der Waals surface area (Å²) < 4.78 is 26.0. The zero-order chi connectivity index (χ0) is 11.7. The Morgan fingerprint density at radius 3 is 2.75 bits per heavy atom. The highest BCUT2D eigenvalue weighted by atomic mass is 19.3. The van der Waals surface area contributed by atoms with Gasteiger partial charge in [0.05, 0.1) is 12.5 Å². The Morgan fingerprint density at radius 2 is 2.25 bits per heavy atom. The lowest BCUT2D eigenvalue weighted by atomic mass is 10.1. The molecule has 1 aromatic heterocycles. The summed E-state index contributed by atoms with van der Waals surface area (Å²) in [5, 5.41) is 18.6. The van der Waals surface area contributed by atoms with E-state index in [1.807, 2.05) is 0 Å². The molecule has 0 spiro atoms. The number of aliphatic carboxylic acids is 1. The summed E-state index contributed by atoms with van der Waals surface area (Å²) in [7, 11) is 0. The molecule has 0 bridgehead atoms. The fourth-order valence-corrected chi connectivity index (χ4v) is 1.69. The zero-order valence-electron chi connectivity index (χ0n) is 8.25. The minimum atomic E-state index is -2.79. The third kappa shape index (κ3) is 2.15. The molecule has 1 saturated carbocycles. The Hall–Kier alpha value is -1.60. The van der Waals surface area contributed by atoms with Crippen LogP contribution in [0.15, 0.2) is 0 Å². The summed E-state index contributed by atoms with van der Waals surface area (Å²) in [5.41, 5.74) is 0. The molecule has 0 aromatic carbocycles. The average molecular weight is 232 g/mol. The van der Waals surface area contributed by atoms with Crippen molar-refractivity contribution in [3.05, 3.63) is 5.82 Å². The van der Waals surface area contributed by atoms with Gasteiger partial charge in [-0.1, -0.05) is 0 Å². The van der Waals surface area contributed by atoms with Crippen molar-refractivity contribution in [3.8, 4) is 0 Å². The van der Waals surface area contributed by atoms with Gasteiger partial charge in [0.1, 0.15) is 0 Å². The van der Waals surface area contributed by atoms with E-state index in [2.05, 4.69) is 15.5 Å². The Kier molecular flexibility index (Phi) is 2.80. The van der Waals surface area contributed by atoms with Gasteiger partial charge in [0.15, 0.2) is 0 Å². The number of carbonyl (C=O) groups is 1. The molecule has 0 amide bonds. The van der Waals surface area contributed by atoms with Crippen molar-refractivity contribution in [2.24, 2.45) is 5.92 Å². The number of nitrogens with zero attached hydrogens (tertiary/aromatic N) is 4. The molecule has 16 heavy (non-hydrogen) atoms. The van der Waals surface area contributed by atoms with Gasteiger partial charge in [-0.2, -0.15) is 0 Å². The van der Waals surface area contributed by atoms with E-state index < -0.39 is 24.3 Å². The van der Waals surface area contributed by atoms with E-state index in [4.69, 9.17) is 5.11 Å². The summed E-state index contributed by atoms with van der Waals surface area (Å²) in [6.07, 6.45) is -1.35. The molecule has 8 heteroatoms. The molecule has 1 aromatic rings. The number of carboxylic acids is 1. The lowest BCUT2D eigenvalue weighted by Crippen LogP contribution is -2.19. The number of aromatic nitrogens is 4. The molecule has 0 aliphatic heterocycles. The van der Waals surface area contributed by atoms with Crippen LogP contribution in [-0.4, -0.2) is 31.3 Å². The van der Waals surface area contributed by atoms with Crippen LogP contribution in [0.1, 0.15) is 37.6 Å². The molecule has 88 valence electrons. The molecular formula is C8H10F2N4O2. The molecule has 1 aliphatic carbocycles. The molecule has 1 fully saturated rings. The number of tetrazole rings is 1. The highest BCUT2D eigenvalue weighted by Gasteiger charge is 2.37. The van der Waals surface area contributed by atoms with Crippen LogP contribution in [-0.2, 0) is 4.79 Å². The average Bonchev–Trinajstić information content (AvgIpc) is 2.90. The maximum absolute atomic E-state index is 12.5. The van der Waals surface area contributed by atoms with E-state index in [0.29, 0.717) is 0 Å². The predicted molar refractivity (Wildman–Crippen MR) is 46.8 cm³/mol. The third-order valence-corrected chi connectivity index (χ3v) is 2.58. The van der Waals surface area contributed by atoms with E-state index in [1.165, 1.54) is 0 Å². The maximum atomic E-state index is 12.5. The van der Waals surface area contributed by atoms with Gasteiger partial charge in [-0.25, -0.2) is 13.5 Å². The van der Waals surface area contributed by atoms with E-state index in [-0.39, 0.29) is 12.3 Å². The molecular weight excluding hydrogens is 222 g/mol. The van der Waals surface area contributed by atoms with Crippen molar-refractivity contribution < 1.29 is 18.7 Å². The van der Waals surface area contributed by atoms with E-state index >= 15 is 0 Å². The second-order valence-corrected chi connectivity index (χ2v) is 3.78. The van der Waals surface area contributed by atoms with Crippen LogP contribution < -0.4 is 0 Å². The summed E-state index contributed by atoms with van der Waals surface area (Å²) in [6, 6.07) is -0.559. The molecule has 0 saturated heterocycles. The molecule has 1 N–H and O–H groups in total. The molecule has 2 rings (SSSR count).